The number of nitrogens with zero attached hydrogens (tertiary/aromatic N) is 2. The van der Waals surface area contributed by atoms with E-state index in [1.54, 1.807) is 0 Å². The lowest BCUT2D eigenvalue weighted by Gasteiger charge is -2.09. The van der Waals surface area contributed by atoms with Gasteiger partial charge in [-0.1, -0.05) is 60.7 Å². The molecule has 6 nitrogen and oxygen atoms in total. The molecular weight excluding hydrogens is 304 g/mol. The molecule has 0 aliphatic heterocycles. The molecular formula is C18H12N4O2. The topological polar surface area (TPSA) is 91.5 Å². The van der Waals surface area contributed by atoms with Crippen LogP contribution in [0, 0.1) is 0 Å². The highest BCUT2D eigenvalue weighted by molar-refractivity contribution is 5.85. The lowest BCUT2D eigenvalue weighted by molar-refractivity contribution is 0.962. The number of benzene rings is 2. The van der Waals surface area contributed by atoms with Crippen LogP contribution >= 0.6 is 0 Å². The van der Waals surface area contributed by atoms with Gasteiger partial charge in [0.1, 0.15) is 0 Å². The van der Waals surface area contributed by atoms with Crippen LogP contribution in [0.1, 0.15) is 0 Å². The zero-order valence-electron chi connectivity index (χ0n) is 12.5. The molecule has 0 fully saturated rings. The van der Waals surface area contributed by atoms with Crippen molar-refractivity contribution in [3.05, 3.63) is 81.4 Å². The maximum atomic E-state index is 12.0. The van der Waals surface area contributed by atoms with Crippen molar-refractivity contribution < 1.29 is 0 Å². The third-order valence-corrected chi connectivity index (χ3v) is 3.71. The molecule has 24 heavy (non-hydrogen) atoms. The number of rotatable bonds is 2. The Kier molecular flexibility index (Phi) is 3.28. The minimum Gasteiger partial charge on any atom is -0.266 e. The van der Waals surface area contributed by atoms with Gasteiger partial charge in [-0.25, -0.2) is 9.97 Å². The van der Waals surface area contributed by atoms with Crippen molar-refractivity contribution in [1.82, 2.24) is 20.2 Å². The maximum absolute atomic E-state index is 12.0. The van der Waals surface area contributed by atoms with Crippen molar-refractivity contribution in [1.29, 1.82) is 0 Å². The van der Waals surface area contributed by atoms with Gasteiger partial charge in [-0.15, -0.1) is 0 Å². The van der Waals surface area contributed by atoms with Crippen LogP contribution in [-0.2, 0) is 0 Å². The number of nitrogens with one attached hydrogen (secondary N) is 2. The summed E-state index contributed by atoms with van der Waals surface area (Å²) in [5.74, 6) is 0. The molecule has 0 spiro atoms. The first-order valence-electron chi connectivity index (χ1n) is 7.37. The van der Waals surface area contributed by atoms with Crippen LogP contribution in [0.15, 0.2) is 70.3 Å². The quantitative estimate of drug-likeness (QED) is 0.594. The van der Waals surface area contributed by atoms with Crippen LogP contribution in [0.25, 0.3) is 33.5 Å². The van der Waals surface area contributed by atoms with E-state index in [2.05, 4.69) is 20.2 Å². The minimum absolute atomic E-state index is 0.0253. The van der Waals surface area contributed by atoms with Gasteiger partial charge in [0.2, 0.25) is 0 Å². The Bertz CT molecular complexity index is 1040. The predicted octanol–water partition coefficient (Wildman–Crippen LogP) is 2.34. The molecule has 4 aromatic rings. The van der Waals surface area contributed by atoms with E-state index in [0.717, 1.165) is 11.1 Å². The van der Waals surface area contributed by atoms with Crippen molar-refractivity contribution in [2.45, 2.75) is 0 Å². The summed E-state index contributed by atoms with van der Waals surface area (Å²) in [4.78, 5) is 33.0. The van der Waals surface area contributed by atoms with Crippen molar-refractivity contribution in [3.8, 4) is 22.5 Å². The molecule has 6 heteroatoms. The van der Waals surface area contributed by atoms with Gasteiger partial charge >= 0.3 is 0 Å². The normalized spacial score (nSPS) is 10.8. The van der Waals surface area contributed by atoms with Crippen LogP contribution in [0.3, 0.4) is 0 Å². The van der Waals surface area contributed by atoms with E-state index in [9.17, 15) is 9.59 Å². The highest BCUT2D eigenvalue weighted by Gasteiger charge is 2.16. The van der Waals surface area contributed by atoms with Gasteiger partial charge in [0.15, 0.2) is 11.0 Å². The molecule has 0 bridgehead atoms. The van der Waals surface area contributed by atoms with E-state index in [1.807, 2.05) is 60.7 Å². The van der Waals surface area contributed by atoms with Gasteiger partial charge < -0.3 is 0 Å². The molecule has 0 saturated carbocycles. The van der Waals surface area contributed by atoms with Gasteiger partial charge in [-0.3, -0.25) is 19.8 Å². The number of aromatic nitrogens is 4. The fourth-order valence-electron chi connectivity index (χ4n) is 2.58. The lowest BCUT2D eigenvalue weighted by Crippen LogP contribution is -2.21. The summed E-state index contributed by atoms with van der Waals surface area (Å²) >= 11 is 0. The second-order valence-electron chi connectivity index (χ2n) is 5.26. The zero-order chi connectivity index (χ0) is 16.5. The molecule has 116 valence electrons. The number of hydrogen-bond donors (Lipinski definition) is 2. The zero-order valence-corrected chi connectivity index (χ0v) is 12.5. The third kappa shape index (κ3) is 2.30. The highest BCUT2D eigenvalue weighted by atomic mass is 16.1. The third-order valence-electron chi connectivity index (χ3n) is 3.71. The van der Waals surface area contributed by atoms with Crippen LogP contribution in [0.2, 0.25) is 0 Å². The monoisotopic (exact) mass is 316 g/mol. The fourth-order valence-corrected chi connectivity index (χ4v) is 2.58. The Balaban J connectivity index is 2.14. The molecule has 0 amide bonds. The molecule has 0 saturated heterocycles. The summed E-state index contributed by atoms with van der Waals surface area (Å²) in [6, 6.07) is 18.9. The first-order chi connectivity index (χ1) is 11.7. The smallest absolute Gasteiger partial charge is 0.266 e. The Morgan fingerprint density at radius 2 is 0.958 bits per heavy atom. The van der Waals surface area contributed by atoms with E-state index >= 15 is 0 Å². The molecule has 0 aliphatic carbocycles. The Morgan fingerprint density at radius 3 is 1.33 bits per heavy atom. The standard InChI is InChI=1S/C18H12N4O2/c23-17-15-16(18(24)22-21-17)20-14(12-9-5-2-6-10-12)13(19-15)11-7-3-1-4-8-11/h1-10H,(H,21,23)(H,22,24). The average molecular weight is 316 g/mol. The predicted molar refractivity (Wildman–Crippen MR) is 91.7 cm³/mol. The van der Waals surface area contributed by atoms with Gasteiger partial charge in [0, 0.05) is 11.1 Å². The van der Waals surface area contributed by atoms with Crippen LogP contribution in [0.4, 0.5) is 0 Å². The molecule has 2 heterocycles. The molecule has 2 aromatic carbocycles. The fraction of sp³-hybridized carbons (Fsp3) is 0. The summed E-state index contributed by atoms with van der Waals surface area (Å²) in [6.07, 6.45) is 0. The van der Waals surface area contributed by atoms with E-state index in [1.165, 1.54) is 0 Å². The minimum atomic E-state index is -0.478. The SMILES string of the molecule is O=c1[nH][nH]c(=O)c2nc(-c3ccccc3)c(-c3ccccc3)nc12. The maximum Gasteiger partial charge on any atom is 0.290 e. The number of H-pyrrole nitrogens is 2. The lowest BCUT2D eigenvalue weighted by atomic mass is 10.0. The van der Waals surface area contributed by atoms with Crippen molar-refractivity contribution in [2.24, 2.45) is 0 Å². The van der Waals surface area contributed by atoms with E-state index in [0.29, 0.717) is 11.4 Å². The summed E-state index contributed by atoms with van der Waals surface area (Å²) in [5.41, 5.74) is 1.86. The first-order valence-corrected chi connectivity index (χ1v) is 7.37. The summed E-state index contributed by atoms with van der Waals surface area (Å²) in [7, 11) is 0. The van der Waals surface area contributed by atoms with Crippen molar-refractivity contribution >= 4 is 11.0 Å². The second-order valence-corrected chi connectivity index (χ2v) is 5.26. The van der Waals surface area contributed by atoms with E-state index in [4.69, 9.17) is 0 Å². The Morgan fingerprint density at radius 1 is 0.583 bits per heavy atom. The van der Waals surface area contributed by atoms with Gasteiger partial charge in [0.05, 0.1) is 11.4 Å². The number of aromatic amines is 2. The molecule has 4 rings (SSSR count). The summed E-state index contributed by atoms with van der Waals surface area (Å²) in [5, 5.41) is 4.57. The number of hydrogen-bond acceptors (Lipinski definition) is 4. The molecule has 0 radical (unpaired) electrons. The van der Waals surface area contributed by atoms with Crippen molar-refractivity contribution in [2.75, 3.05) is 0 Å². The van der Waals surface area contributed by atoms with E-state index < -0.39 is 11.1 Å². The second kappa shape index (κ2) is 5.58. The highest BCUT2D eigenvalue weighted by Crippen LogP contribution is 2.29. The molecule has 2 aromatic heterocycles. The van der Waals surface area contributed by atoms with Gasteiger partial charge in [-0.05, 0) is 0 Å². The molecule has 0 unspecified atom stereocenters. The van der Waals surface area contributed by atoms with Gasteiger partial charge in [0.25, 0.3) is 11.1 Å². The molecule has 0 aliphatic rings. The summed E-state index contributed by atoms with van der Waals surface area (Å²) in [6.45, 7) is 0. The van der Waals surface area contributed by atoms with Crippen LogP contribution < -0.4 is 11.1 Å². The van der Waals surface area contributed by atoms with E-state index in [-0.39, 0.29) is 11.0 Å². The van der Waals surface area contributed by atoms with Crippen LogP contribution in [0.5, 0.6) is 0 Å². The van der Waals surface area contributed by atoms with Crippen LogP contribution in [-0.4, -0.2) is 20.2 Å². The average Bonchev–Trinajstić information content (AvgIpc) is 2.65. The Labute approximate surface area is 135 Å². The Hall–Kier alpha value is -3.54. The van der Waals surface area contributed by atoms with Crippen molar-refractivity contribution in [3.63, 3.8) is 0 Å². The molecule has 2 N–H and O–H groups in total. The molecule has 0 atom stereocenters. The number of fused-ring (bicyclic) bond motifs is 1. The first kappa shape index (κ1) is 14.1. The largest absolute Gasteiger partial charge is 0.290 e. The summed E-state index contributed by atoms with van der Waals surface area (Å²) < 4.78 is 0. The van der Waals surface area contributed by atoms with Gasteiger partial charge in [-0.2, -0.15) is 0 Å².